The van der Waals surface area contributed by atoms with Crippen LogP contribution in [0, 0.1) is 5.92 Å². The van der Waals surface area contributed by atoms with Crippen molar-refractivity contribution < 1.29 is 14.3 Å². The van der Waals surface area contributed by atoms with Gasteiger partial charge in [0.25, 0.3) is 0 Å². The van der Waals surface area contributed by atoms with Gasteiger partial charge in [-0.2, -0.15) is 0 Å². The normalized spacial score (nSPS) is 27.2. The average molecular weight is 199 g/mol. The second-order valence-corrected chi connectivity index (χ2v) is 4.72. The van der Waals surface area contributed by atoms with Crippen LogP contribution in [-0.2, 0) is 9.53 Å². The van der Waals surface area contributed by atoms with E-state index in [-0.39, 0.29) is 17.9 Å². The van der Waals surface area contributed by atoms with E-state index in [9.17, 15) is 9.59 Å². The highest BCUT2D eigenvalue weighted by Crippen LogP contribution is 2.27. The number of rotatable bonds is 0. The summed E-state index contributed by atoms with van der Waals surface area (Å²) in [5.74, 6) is -0.214. The van der Waals surface area contributed by atoms with Gasteiger partial charge in [-0.3, -0.25) is 4.79 Å². The molecule has 0 radical (unpaired) electrons. The molecule has 4 heteroatoms. The molecule has 0 aliphatic carbocycles. The first-order valence-corrected chi connectivity index (χ1v) is 4.80. The van der Waals surface area contributed by atoms with Gasteiger partial charge in [0.1, 0.15) is 5.60 Å². The first-order valence-electron chi connectivity index (χ1n) is 4.80. The zero-order valence-corrected chi connectivity index (χ0v) is 9.33. The molecular formula is C10H17NO3. The van der Waals surface area contributed by atoms with Gasteiger partial charge < -0.3 is 4.74 Å². The van der Waals surface area contributed by atoms with Gasteiger partial charge in [-0.1, -0.05) is 6.92 Å². The fourth-order valence-electron chi connectivity index (χ4n) is 1.34. The fraction of sp³-hybridized carbons (Fsp3) is 0.800. The Morgan fingerprint density at radius 1 is 1.36 bits per heavy atom. The molecule has 80 valence electrons. The van der Waals surface area contributed by atoms with Crippen molar-refractivity contribution in [3.8, 4) is 0 Å². The lowest BCUT2D eigenvalue weighted by Gasteiger charge is -2.42. The predicted molar refractivity (Wildman–Crippen MR) is 51.7 cm³/mol. The molecule has 0 bridgehead atoms. The van der Waals surface area contributed by atoms with Gasteiger partial charge in [0.2, 0.25) is 5.91 Å². The molecule has 1 fully saturated rings. The second-order valence-electron chi connectivity index (χ2n) is 4.72. The van der Waals surface area contributed by atoms with E-state index < -0.39 is 11.7 Å². The molecule has 0 N–H and O–H groups in total. The monoisotopic (exact) mass is 199 g/mol. The number of nitrogens with zero attached hydrogens (tertiary/aromatic N) is 1. The highest BCUT2D eigenvalue weighted by molar-refractivity contribution is 5.99. The van der Waals surface area contributed by atoms with Gasteiger partial charge in [-0.15, -0.1) is 0 Å². The van der Waals surface area contributed by atoms with Crippen LogP contribution < -0.4 is 0 Å². The van der Waals surface area contributed by atoms with E-state index in [1.54, 1.807) is 20.8 Å². The van der Waals surface area contributed by atoms with Crippen LogP contribution in [0.2, 0.25) is 0 Å². The van der Waals surface area contributed by atoms with Crippen LogP contribution in [0.5, 0.6) is 0 Å². The predicted octanol–water partition coefficient (Wildman–Crippen LogP) is 1.79. The third-order valence-electron chi connectivity index (χ3n) is 2.35. The summed E-state index contributed by atoms with van der Waals surface area (Å²) in [7, 11) is 0. The largest absolute Gasteiger partial charge is 0.443 e. The van der Waals surface area contributed by atoms with Gasteiger partial charge in [-0.25, -0.2) is 9.69 Å². The molecule has 2 atom stereocenters. The Morgan fingerprint density at radius 3 is 2.21 bits per heavy atom. The minimum atomic E-state index is -0.546. The van der Waals surface area contributed by atoms with Crippen molar-refractivity contribution >= 4 is 12.0 Å². The third-order valence-corrected chi connectivity index (χ3v) is 2.35. The van der Waals surface area contributed by atoms with Crippen molar-refractivity contribution in [3.63, 3.8) is 0 Å². The third kappa shape index (κ3) is 1.89. The fourth-order valence-corrected chi connectivity index (χ4v) is 1.34. The summed E-state index contributed by atoms with van der Waals surface area (Å²) < 4.78 is 5.10. The number of hydrogen-bond donors (Lipinski definition) is 0. The molecule has 2 unspecified atom stereocenters. The standard InChI is InChI=1S/C10H17NO3/c1-6-7(2)11(8(6)12)9(13)14-10(3,4)5/h6-7H,1-5H3. The van der Waals surface area contributed by atoms with Crippen LogP contribution in [0.1, 0.15) is 34.6 Å². The second kappa shape index (κ2) is 3.26. The van der Waals surface area contributed by atoms with Crippen molar-refractivity contribution in [1.82, 2.24) is 4.90 Å². The Morgan fingerprint density at radius 2 is 1.86 bits per heavy atom. The smallest absolute Gasteiger partial charge is 0.417 e. The van der Waals surface area contributed by atoms with E-state index in [2.05, 4.69) is 0 Å². The Balaban J connectivity index is 2.60. The van der Waals surface area contributed by atoms with Crippen LogP contribution in [0.4, 0.5) is 4.79 Å². The van der Waals surface area contributed by atoms with Crippen LogP contribution in [0.3, 0.4) is 0 Å². The molecule has 14 heavy (non-hydrogen) atoms. The summed E-state index contributed by atoms with van der Waals surface area (Å²) in [6.45, 7) is 9.00. The Bertz CT molecular complexity index is 267. The molecule has 4 nitrogen and oxygen atoms in total. The molecule has 0 aromatic carbocycles. The zero-order chi connectivity index (χ0) is 11.1. The Labute approximate surface area is 84.2 Å². The van der Waals surface area contributed by atoms with Crippen LogP contribution >= 0.6 is 0 Å². The molecule has 1 aliphatic rings. The zero-order valence-electron chi connectivity index (χ0n) is 9.33. The van der Waals surface area contributed by atoms with Crippen LogP contribution in [0.25, 0.3) is 0 Å². The number of β-lactam (4-membered cyclic amide) rings is 1. The molecule has 2 amide bonds. The molecule has 0 aromatic heterocycles. The van der Waals surface area contributed by atoms with Crippen molar-refractivity contribution in [3.05, 3.63) is 0 Å². The molecule has 1 heterocycles. The number of likely N-dealkylation sites (tertiary alicyclic amines) is 1. The maximum absolute atomic E-state index is 11.5. The first-order chi connectivity index (χ1) is 6.24. The molecule has 0 aromatic rings. The lowest BCUT2D eigenvalue weighted by Crippen LogP contribution is -2.61. The van der Waals surface area contributed by atoms with E-state index in [1.165, 1.54) is 4.90 Å². The number of ether oxygens (including phenoxy) is 1. The molecule has 0 saturated carbocycles. The quantitative estimate of drug-likeness (QED) is 0.559. The number of carbonyl (C=O) groups is 2. The van der Waals surface area contributed by atoms with Gasteiger partial charge in [0.15, 0.2) is 0 Å². The summed E-state index contributed by atoms with van der Waals surface area (Å²) in [6, 6.07) is -0.0441. The lowest BCUT2D eigenvalue weighted by atomic mass is 9.91. The van der Waals surface area contributed by atoms with Crippen molar-refractivity contribution in [2.75, 3.05) is 0 Å². The molecule has 1 aliphatic heterocycles. The number of hydrogen-bond acceptors (Lipinski definition) is 3. The SMILES string of the molecule is CC1C(=O)N(C(=O)OC(C)(C)C)C1C. The van der Waals surface area contributed by atoms with Crippen LogP contribution in [0.15, 0.2) is 0 Å². The van der Waals surface area contributed by atoms with Crippen molar-refractivity contribution in [2.45, 2.75) is 46.3 Å². The summed E-state index contributed by atoms with van der Waals surface area (Å²) in [6.07, 6.45) is -0.534. The van der Waals surface area contributed by atoms with Gasteiger partial charge in [-0.05, 0) is 27.7 Å². The van der Waals surface area contributed by atoms with Crippen LogP contribution in [-0.4, -0.2) is 28.5 Å². The van der Waals surface area contributed by atoms with Crippen molar-refractivity contribution in [1.29, 1.82) is 0 Å². The van der Waals surface area contributed by atoms with Gasteiger partial charge >= 0.3 is 6.09 Å². The Hall–Kier alpha value is -1.06. The van der Waals surface area contributed by atoms with Gasteiger partial charge in [0, 0.05) is 0 Å². The highest BCUT2D eigenvalue weighted by Gasteiger charge is 2.46. The highest BCUT2D eigenvalue weighted by atomic mass is 16.6. The number of imide groups is 1. The topological polar surface area (TPSA) is 46.6 Å². The van der Waals surface area contributed by atoms with E-state index in [4.69, 9.17) is 4.74 Å². The average Bonchev–Trinajstić information content (AvgIpc) is 2.00. The summed E-state index contributed by atoms with van der Waals surface area (Å²) in [4.78, 5) is 24.0. The molecule has 0 spiro atoms. The molecule has 1 rings (SSSR count). The van der Waals surface area contributed by atoms with Gasteiger partial charge in [0.05, 0.1) is 12.0 Å². The minimum Gasteiger partial charge on any atom is -0.443 e. The maximum atomic E-state index is 11.5. The summed E-state index contributed by atoms with van der Waals surface area (Å²) >= 11 is 0. The van der Waals surface area contributed by atoms with E-state index in [0.717, 1.165) is 0 Å². The summed E-state index contributed by atoms with van der Waals surface area (Å²) in [5, 5.41) is 0. The van der Waals surface area contributed by atoms with E-state index in [1.807, 2.05) is 13.8 Å². The number of amides is 2. The minimum absolute atomic E-state index is 0.0441. The maximum Gasteiger partial charge on any atom is 0.417 e. The molecular weight excluding hydrogens is 182 g/mol. The van der Waals surface area contributed by atoms with E-state index >= 15 is 0 Å². The number of carbonyl (C=O) groups excluding carboxylic acids is 2. The Kier molecular flexibility index (Phi) is 2.56. The lowest BCUT2D eigenvalue weighted by molar-refractivity contribution is -0.151. The van der Waals surface area contributed by atoms with E-state index in [0.29, 0.717) is 0 Å². The first kappa shape index (κ1) is 11.0. The van der Waals surface area contributed by atoms with Crippen molar-refractivity contribution in [2.24, 2.45) is 5.92 Å². The molecule has 1 saturated heterocycles. The summed E-state index contributed by atoms with van der Waals surface area (Å²) in [5.41, 5.74) is -0.546.